The highest BCUT2D eigenvalue weighted by Crippen LogP contribution is 2.33. The van der Waals surface area contributed by atoms with Crippen molar-refractivity contribution in [1.82, 2.24) is 4.57 Å². The highest BCUT2D eigenvalue weighted by molar-refractivity contribution is 7.89. The molecule has 0 fully saturated rings. The van der Waals surface area contributed by atoms with Crippen LogP contribution >= 0.6 is 0 Å². The van der Waals surface area contributed by atoms with Crippen molar-refractivity contribution in [3.8, 4) is 5.75 Å². The molecule has 5 nitrogen and oxygen atoms in total. The number of sulfonamides is 1. The minimum Gasteiger partial charge on any atom is -0.496 e. The van der Waals surface area contributed by atoms with E-state index < -0.39 is 10.0 Å². The van der Waals surface area contributed by atoms with Crippen LogP contribution in [0.4, 0.5) is 0 Å². The van der Waals surface area contributed by atoms with Gasteiger partial charge in [-0.2, -0.15) is 0 Å². The third-order valence-electron chi connectivity index (χ3n) is 3.46. The summed E-state index contributed by atoms with van der Waals surface area (Å²) in [6, 6.07) is 5.47. The number of nitrogens with zero attached hydrogens (tertiary/aromatic N) is 1. The van der Waals surface area contributed by atoms with Crippen molar-refractivity contribution in [2.75, 3.05) is 7.11 Å². The number of ether oxygens (including phenoxy) is 1. The SMILES string of the molecule is COc1cccc2c1c(S(N)(=O)=O)cn2CCC(C)(C)C. The smallest absolute Gasteiger partial charge is 0.240 e. The van der Waals surface area contributed by atoms with E-state index in [1.54, 1.807) is 12.3 Å². The van der Waals surface area contributed by atoms with E-state index in [9.17, 15) is 8.42 Å². The molecule has 0 bridgehead atoms. The first kappa shape index (κ1) is 15.9. The Kier molecular flexibility index (Phi) is 4.04. The van der Waals surface area contributed by atoms with E-state index in [1.165, 1.54) is 7.11 Å². The summed E-state index contributed by atoms with van der Waals surface area (Å²) in [5.41, 5.74) is 0.986. The first-order valence-electron chi connectivity index (χ1n) is 6.82. The number of aromatic nitrogens is 1. The molecule has 1 heterocycles. The van der Waals surface area contributed by atoms with Gasteiger partial charge < -0.3 is 9.30 Å². The first-order valence-corrected chi connectivity index (χ1v) is 8.37. The molecule has 0 spiro atoms. The van der Waals surface area contributed by atoms with E-state index in [0.29, 0.717) is 11.1 Å². The zero-order chi connectivity index (χ0) is 15.8. The molecule has 0 aliphatic carbocycles. The highest BCUT2D eigenvalue weighted by Gasteiger charge is 2.21. The van der Waals surface area contributed by atoms with E-state index in [-0.39, 0.29) is 10.3 Å². The Morgan fingerprint density at radius 1 is 1.29 bits per heavy atom. The number of primary sulfonamides is 1. The van der Waals surface area contributed by atoms with Crippen LogP contribution in [0.2, 0.25) is 0 Å². The number of hydrogen-bond donors (Lipinski definition) is 1. The minimum absolute atomic E-state index is 0.115. The molecule has 0 unspecified atom stereocenters. The summed E-state index contributed by atoms with van der Waals surface area (Å²) < 4.78 is 30.9. The van der Waals surface area contributed by atoms with E-state index in [0.717, 1.165) is 18.5 Å². The molecule has 2 N–H and O–H groups in total. The van der Waals surface area contributed by atoms with Gasteiger partial charge >= 0.3 is 0 Å². The summed E-state index contributed by atoms with van der Waals surface area (Å²) in [5.74, 6) is 0.519. The van der Waals surface area contributed by atoms with Gasteiger partial charge in [0.25, 0.3) is 0 Å². The molecular weight excluding hydrogens is 288 g/mol. The van der Waals surface area contributed by atoms with Crippen molar-refractivity contribution in [1.29, 1.82) is 0 Å². The van der Waals surface area contributed by atoms with Crippen LogP contribution in [0.1, 0.15) is 27.2 Å². The molecule has 0 aliphatic heterocycles. The summed E-state index contributed by atoms with van der Waals surface area (Å²) in [7, 11) is -2.27. The van der Waals surface area contributed by atoms with Gasteiger partial charge in [-0.05, 0) is 24.0 Å². The third kappa shape index (κ3) is 3.39. The predicted molar refractivity (Wildman–Crippen MR) is 83.9 cm³/mol. The van der Waals surface area contributed by atoms with Crippen LogP contribution in [0, 0.1) is 5.41 Å². The van der Waals surface area contributed by atoms with Gasteiger partial charge in [0.2, 0.25) is 10.0 Å². The van der Waals surface area contributed by atoms with Crippen molar-refractivity contribution in [2.24, 2.45) is 10.6 Å². The standard InChI is InChI=1S/C15H22N2O3S/c1-15(2,3)8-9-17-10-13(21(16,18)19)14-11(17)6-5-7-12(14)20-4/h5-7,10H,8-9H2,1-4H3,(H2,16,18,19). The number of hydrogen-bond acceptors (Lipinski definition) is 3. The average molecular weight is 310 g/mol. The maximum absolute atomic E-state index is 11.8. The fraction of sp³-hybridized carbons (Fsp3) is 0.467. The molecule has 1 aromatic carbocycles. The molecule has 6 heteroatoms. The van der Waals surface area contributed by atoms with E-state index in [2.05, 4.69) is 20.8 Å². The lowest BCUT2D eigenvalue weighted by Gasteiger charge is -2.18. The minimum atomic E-state index is -3.80. The normalized spacial score (nSPS) is 12.8. The van der Waals surface area contributed by atoms with Gasteiger partial charge in [-0.25, -0.2) is 13.6 Å². The molecule has 0 saturated carbocycles. The fourth-order valence-electron chi connectivity index (χ4n) is 2.31. The lowest BCUT2D eigenvalue weighted by Crippen LogP contribution is -2.12. The first-order chi connectivity index (χ1) is 9.63. The van der Waals surface area contributed by atoms with Crippen molar-refractivity contribution in [2.45, 2.75) is 38.6 Å². The number of nitrogens with two attached hydrogens (primary N) is 1. The van der Waals surface area contributed by atoms with Crippen LogP contribution < -0.4 is 9.88 Å². The topological polar surface area (TPSA) is 74.3 Å². The molecule has 1 aromatic heterocycles. The van der Waals surface area contributed by atoms with Crippen molar-refractivity contribution in [3.63, 3.8) is 0 Å². The van der Waals surface area contributed by atoms with Gasteiger partial charge in [-0.1, -0.05) is 26.8 Å². The largest absolute Gasteiger partial charge is 0.496 e. The Morgan fingerprint density at radius 2 is 1.95 bits per heavy atom. The Hall–Kier alpha value is -1.53. The van der Waals surface area contributed by atoms with E-state index in [1.807, 2.05) is 16.7 Å². The number of benzene rings is 1. The molecule has 0 amide bonds. The van der Waals surface area contributed by atoms with E-state index >= 15 is 0 Å². The Balaban J connectivity index is 2.63. The second-order valence-corrected chi connectivity index (χ2v) is 7.93. The second-order valence-electron chi connectivity index (χ2n) is 6.40. The van der Waals surface area contributed by atoms with Crippen LogP contribution in [0.3, 0.4) is 0 Å². The highest BCUT2D eigenvalue weighted by atomic mass is 32.2. The van der Waals surface area contributed by atoms with Crippen LogP contribution in [0.15, 0.2) is 29.3 Å². The average Bonchev–Trinajstić information content (AvgIpc) is 2.74. The zero-order valence-corrected chi connectivity index (χ0v) is 13.7. The number of methoxy groups -OCH3 is 1. The van der Waals surface area contributed by atoms with Gasteiger partial charge in [0.15, 0.2) is 0 Å². The van der Waals surface area contributed by atoms with Crippen LogP contribution in [0.5, 0.6) is 5.75 Å². The molecule has 21 heavy (non-hydrogen) atoms. The summed E-state index contributed by atoms with van der Waals surface area (Å²) in [6.07, 6.45) is 2.53. The van der Waals surface area contributed by atoms with Crippen molar-refractivity contribution in [3.05, 3.63) is 24.4 Å². The fourth-order valence-corrected chi connectivity index (χ4v) is 3.07. The molecular formula is C15H22N2O3S. The molecule has 0 saturated heterocycles. The summed E-state index contributed by atoms with van der Waals surface area (Å²) >= 11 is 0. The number of fused-ring (bicyclic) bond motifs is 1. The Bertz CT molecular complexity index is 755. The van der Waals surface area contributed by atoms with Gasteiger partial charge in [0.05, 0.1) is 18.0 Å². The van der Waals surface area contributed by atoms with Gasteiger partial charge in [-0.15, -0.1) is 0 Å². The predicted octanol–water partition coefficient (Wildman–Crippen LogP) is 2.73. The van der Waals surface area contributed by atoms with Gasteiger partial charge in [0, 0.05) is 12.7 Å². The van der Waals surface area contributed by atoms with E-state index in [4.69, 9.17) is 9.88 Å². The number of rotatable bonds is 4. The number of aryl methyl sites for hydroxylation is 1. The van der Waals surface area contributed by atoms with Crippen LogP contribution in [-0.2, 0) is 16.6 Å². The molecule has 116 valence electrons. The molecule has 2 rings (SSSR count). The quantitative estimate of drug-likeness (QED) is 0.943. The zero-order valence-electron chi connectivity index (χ0n) is 12.9. The molecule has 0 atom stereocenters. The lowest BCUT2D eigenvalue weighted by molar-refractivity contribution is 0.353. The molecule has 0 radical (unpaired) electrons. The molecule has 2 aromatic rings. The van der Waals surface area contributed by atoms with Gasteiger partial charge in [-0.3, -0.25) is 0 Å². The summed E-state index contributed by atoms with van der Waals surface area (Å²) in [5, 5.41) is 5.90. The van der Waals surface area contributed by atoms with Crippen LogP contribution in [-0.4, -0.2) is 20.1 Å². The molecule has 0 aliphatic rings. The Labute approximate surface area is 125 Å². The maximum atomic E-state index is 11.8. The second kappa shape index (κ2) is 5.35. The summed E-state index contributed by atoms with van der Waals surface area (Å²) in [4.78, 5) is 0.115. The third-order valence-corrected chi connectivity index (χ3v) is 4.38. The van der Waals surface area contributed by atoms with Crippen molar-refractivity contribution >= 4 is 20.9 Å². The van der Waals surface area contributed by atoms with Gasteiger partial charge in [0.1, 0.15) is 10.6 Å². The monoisotopic (exact) mass is 310 g/mol. The lowest BCUT2D eigenvalue weighted by atomic mass is 9.92. The van der Waals surface area contributed by atoms with Crippen LogP contribution in [0.25, 0.3) is 10.9 Å². The van der Waals surface area contributed by atoms with Crippen molar-refractivity contribution < 1.29 is 13.2 Å². The Morgan fingerprint density at radius 3 is 2.48 bits per heavy atom. The summed E-state index contributed by atoms with van der Waals surface area (Å²) in [6.45, 7) is 7.18. The maximum Gasteiger partial charge on any atom is 0.240 e.